The largest absolute Gasteiger partial charge is 0.508 e. The van der Waals surface area contributed by atoms with Gasteiger partial charge in [-0.25, -0.2) is 0 Å². The fourth-order valence-corrected chi connectivity index (χ4v) is 1.97. The normalized spacial score (nSPS) is 18.1. The average molecular weight is 247 g/mol. The van der Waals surface area contributed by atoms with Crippen LogP contribution in [0.5, 0.6) is 11.5 Å². The molecule has 0 amide bonds. The zero-order valence-corrected chi connectivity index (χ0v) is 8.88. The summed E-state index contributed by atoms with van der Waals surface area (Å²) in [5, 5.41) is 19.0. The van der Waals surface area contributed by atoms with Crippen LogP contribution < -0.4 is 5.73 Å². The highest BCUT2D eigenvalue weighted by Gasteiger charge is 2.47. The van der Waals surface area contributed by atoms with Crippen LogP contribution in [0.2, 0.25) is 0 Å². The number of phenolic OH excluding ortho intramolecular Hbond substituents is 2. The zero-order valence-electron chi connectivity index (χ0n) is 8.88. The Kier molecular flexibility index (Phi) is 2.50. The first-order valence-corrected chi connectivity index (χ1v) is 5.14. The molecule has 0 radical (unpaired) electrons. The molecule has 1 aromatic carbocycles. The second-order valence-corrected chi connectivity index (χ2v) is 4.37. The highest BCUT2D eigenvalue weighted by Crippen LogP contribution is 2.53. The van der Waals surface area contributed by atoms with Crippen LogP contribution in [0, 0.1) is 0 Å². The summed E-state index contributed by atoms with van der Waals surface area (Å²) < 4.78 is 37.9. The molecule has 0 unspecified atom stereocenters. The maximum Gasteiger partial charge on any atom is 0.420 e. The minimum atomic E-state index is -4.69. The molecule has 0 spiro atoms. The third-order valence-electron chi connectivity index (χ3n) is 3.22. The summed E-state index contributed by atoms with van der Waals surface area (Å²) >= 11 is 0. The molecule has 1 aliphatic carbocycles. The quantitative estimate of drug-likeness (QED) is 0.701. The molecular weight excluding hydrogens is 235 g/mol. The van der Waals surface area contributed by atoms with Gasteiger partial charge in [-0.15, -0.1) is 0 Å². The van der Waals surface area contributed by atoms with Crippen molar-refractivity contribution in [1.82, 2.24) is 0 Å². The second-order valence-electron chi connectivity index (χ2n) is 4.37. The molecule has 1 aromatic rings. The lowest BCUT2D eigenvalue weighted by atomic mass is 9.92. The number of benzene rings is 1. The Morgan fingerprint density at radius 2 is 1.82 bits per heavy atom. The van der Waals surface area contributed by atoms with Crippen LogP contribution in [-0.4, -0.2) is 16.8 Å². The van der Waals surface area contributed by atoms with E-state index in [9.17, 15) is 23.4 Å². The Labute approximate surface area is 95.7 Å². The van der Waals surface area contributed by atoms with Crippen molar-refractivity contribution in [2.24, 2.45) is 5.73 Å². The van der Waals surface area contributed by atoms with E-state index >= 15 is 0 Å². The molecule has 17 heavy (non-hydrogen) atoms. The molecule has 0 aromatic heterocycles. The van der Waals surface area contributed by atoms with Gasteiger partial charge in [0, 0.05) is 17.5 Å². The van der Waals surface area contributed by atoms with Crippen molar-refractivity contribution in [3.05, 3.63) is 23.3 Å². The molecule has 0 aliphatic heterocycles. The molecule has 4 N–H and O–H groups in total. The van der Waals surface area contributed by atoms with E-state index in [1.165, 1.54) is 0 Å². The van der Waals surface area contributed by atoms with Gasteiger partial charge in [0.15, 0.2) is 0 Å². The van der Waals surface area contributed by atoms with E-state index < -0.39 is 28.7 Å². The number of halogens is 3. The molecule has 94 valence electrons. The fourth-order valence-electron chi connectivity index (χ4n) is 1.97. The lowest BCUT2D eigenvalue weighted by Gasteiger charge is -2.18. The molecule has 2 rings (SSSR count). The third-order valence-corrected chi connectivity index (χ3v) is 3.22. The number of phenols is 2. The van der Waals surface area contributed by atoms with E-state index in [2.05, 4.69) is 0 Å². The van der Waals surface area contributed by atoms with Crippen LogP contribution in [-0.2, 0) is 11.6 Å². The maximum atomic E-state index is 12.6. The van der Waals surface area contributed by atoms with Gasteiger partial charge in [-0.05, 0) is 25.0 Å². The summed E-state index contributed by atoms with van der Waals surface area (Å²) in [6.45, 7) is 0.154. The van der Waals surface area contributed by atoms with E-state index in [4.69, 9.17) is 5.73 Å². The van der Waals surface area contributed by atoms with Crippen molar-refractivity contribution in [2.75, 3.05) is 6.54 Å². The number of alkyl halides is 3. The van der Waals surface area contributed by atoms with Gasteiger partial charge < -0.3 is 15.9 Å². The van der Waals surface area contributed by atoms with Gasteiger partial charge >= 0.3 is 6.18 Å². The number of aromatic hydroxyl groups is 2. The van der Waals surface area contributed by atoms with Gasteiger partial charge in [0.1, 0.15) is 17.1 Å². The van der Waals surface area contributed by atoms with Crippen LogP contribution in [0.25, 0.3) is 0 Å². The van der Waals surface area contributed by atoms with Crippen molar-refractivity contribution < 1.29 is 23.4 Å². The Morgan fingerprint density at radius 1 is 1.24 bits per heavy atom. The maximum absolute atomic E-state index is 12.6. The molecule has 6 heteroatoms. The molecule has 1 aliphatic rings. The van der Waals surface area contributed by atoms with Gasteiger partial charge in [0.25, 0.3) is 0 Å². The summed E-state index contributed by atoms with van der Waals surface area (Å²) in [6.07, 6.45) is -3.45. The minimum absolute atomic E-state index is 0.0901. The Bertz CT molecular complexity index is 453. The van der Waals surface area contributed by atoms with E-state index in [0.29, 0.717) is 18.9 Å². The van der Waals surface area contributed by atoms with Crippen LogP contribution in [0.15, 0.2) is 12.1 Å². The van der Waals surface area contributed by atoms with Gasteiger partial charge in [-0.1, -0.05) is 0 Å². The molecule has 1 fully saturated rings. The topological polar surface area (TPSA) is 66.5 Å². The van der Waals surface area contributed by atoms with Crippen molar-refractivity contribution in [3.8, 4) is 11.5 Å². The standard InChI is InChI=1S/C11H12F3NO2/c12-11(13,14)8-4-6(16)3-7(9(8)17)10(5-15)1-2-10/h3-4,16-17H,1-2,5,15H2. The Morgan fingerprint density at radius 3 is 2.24 bits per heavy atom. The van der Waals surface area contributed by atoms with Crippen LogP contribution >= 0.6 is 0 Å². The first-order chi connectivity index (χ1) is 7.80. The summed E-state index contributed by atoms with van der Waals surface area (Å²) in [5.41, 5.74) is 3.77. The number of hydrogen-bond donors (Lipinski definition) is 3. The number of nitrogens with two attached hydrogens (primary N) is 1. The summed E-state index contributed by atoms with van der Waals surface area (Å²) in [5.74, 6) is -1.33. The molecular formula is C11H12F3NO2. The lowest BCUT2D eigenvalue weighted by Crippen LogP contribution is -2.21. The van der Waals surface area contributed by atoms with Crippen LogP contribution in [0.4, 0.5) is 13.2 Å². The molecule has 3 nitrogen and oxygen atoms in total. The van der Waals surface area contributed by atoms with Crippen molar-refractivity contribution in [2.45, 2.75) is 24.4 Å². The summed E-state index contributed by atoms with van der Waals surface area (Å²) in [6, 6.07) is 1.68. The SMILES string of the molecule is NCC1(c2cc(O)cc(C(F)(F)F)c2O)CC1. The smallest absolute Gasteiger partial charge is 0.420 e. The molecule has 0 bridgehead atoms. The van der Waals surface area contributed by atoms with Gasteiger partial charge in [-0.2, -0.15) is 13.2 Å². The summed E-state index contributed by atoms with van der Waals surface area (Å²) in [7, 11) is 0. The first-order valence-electron chi connectivity index (χ1n) is 5.14. The monoisotopic (exact) mass is 247 g/mol. The lowest BCUT2D eigenvalue weighted by molar-refractivity contribution is -0.139. The predicted molar refractivity (Wildman–Crippen MR) is 54.7 cm³/mol. The molecule has 1 saturated carbocycles. The number of rotatable bonds is 2. The van der Waals surface area contributed by atoms with Crippen molar-refractivity contribution >= 4 is 0 Å². The van der Waals surface area contributed by atoms with Crippen molar-refractivity contribution in [3.63, 3.8) is 0 Å². The third kappa shape index (κ3) is 1.93. The van der Waals surface area contributed by atoms with Crippen LogP contribution in [0.3, 0.4) is 0 Å². The predicted octanol–water partition coefficient (Wildman–Crippen LogP) is 2.11. The van der Waals surface area contributed by atoms with Crippen LogP contribution in [0.1, 0.15) is 24.0 Å². The first kappa shape index (κ1) is 12.0. The minimum Gasteiger partial charge on any atom is -0.508 e. The average Bonchev–Trinajstić information content (AvgIpc) is 3.00. The number of hydrogen-bond acceptors (Lipinski definition) is 3. The van der Waals surface area contributed by atoms with E-state index in [1.807, 2.05) is 0 Å². The summed E-state index contributed by atoms with van der Waals surface area (Å²) in [4.78, 5) is 0. The van der Waals surface area contributed by atoms with E-state index in [1.54, 1.807) is 0 Å². The van der Waals surface area contributed by atoms with Gasteiger partial charge in [-0.3, -0.25) is 0 Å². The Balaban J connectivity index is 2.58. The highest BCUT2D eigenvalue weighted by molar-refractivity contribution is 5.52. The second kappa shape index (κ2) is 3.53. The van der Waals surface area contributed by atoms with Crippen molar-refractivity contribution in [1.29, 1.82) is 0 Å². The van der Waals surface area contributed by atoms with Gasteiger partial charge in [0.05, 0.1) is 0 Å². The van der Waals surface area contributed by atoms with Gasteiger partial charge in [0.2, 0.25) is 0 Å². The Hall–Kier alpha value is -1.43. The zero-order chi connectivity index (χ0) is 12.8. The molecule has 0 saturated heterocycles. The molecule has 0 atom stereocenters. The van der Waals surface area contributed by atoms with E-state index in [-0.39, 0.29) is 12.1 Å². The fraction of sp³-hybridized carbons (Fsp3) is 0.455. The van der Waals surface area contributed by atoms with E-state index in [0.717, 1.165) is 6.07 Å². The molecule has 0 heterocycles. The highest BCUT2D eigenvalue weighted by atomic mass is 19.4.